The summed E-state index contributed by atoms with van der Waals surface area (Å²) in [5, 5.41) is 0. The highest BCUT2D eigenvalue weighted by molar-refractivity contribution is 7.86. The molecule has 0 radical (unpaired) electrons. The molecule has 0 unspecified atom stereocenters. The molecule has 2 rings (SSSR count). The molecule has 0 saturated heterocycles. The molecule has 0 fully saturated rings. The Balaban J connectivity index is 0.00000106. The Labute approximate surface area is 123 Å². The van der Waals surface area contributed by atoms with Crippen molar-refractivity contribution in [2.75, 3.05) is 0 Å². The predicted molar refractivity (Wildman–Crippen MR) is 79.4 cm³/mol. The van der Waals surface area contributed by atoms with Crippen molar-refractivity contribution in [1.29, 1.82) is 0 Å². The van der Waals surface area contributed by atoms with E-state index < -0.39 is 10.1 Å². The van der Waals surface area contributed by atoms with E-state index in [0.29, 0.717) is 5.75 Å². The second-order valence-corrected chi connectivity index (χ2v) is 5.73. The maximum Gasteiger partial charge on any atom is 0.298 e. The summed E-state index contributed by atoms with van der Waals surface area (Å²) in [6, 6.07) is 11.8. The van der Waals surface area contributed by atoms with E-state index in [0.717, 1.165) is 11.1 Å². The molecule has 0 saturated carbocycles. The van der Waals surface area contributed by atoms with E-state index in [1.165, 1.54) is 12.1 Å². The minimum atomic E-state index is -4.31. The van der Waals surface area contributed by atoms with Crippen molar-refractivity contribution in [3.63, 3.8) is 0 Å². The number of benzene rings is 2. The number of hydrogen-bond donors (Lipinski definition) is 1. The lowest BCUT2D eigenvalue weighted by Crippen LogP contribution is -2.01. The molecule has 0 aliphatic heterocycles. The van der Waals surface area contributed by atoms with Gasteiger partial charge in [0, 0.05) is 0 Å². The van der Waals surface area contributed by atoms with E-state index in [9.17, 15) is 13.0 Å². The van der Waals surface area contributed by atoms with Gasteiger partial charge in [0.15, 0.2) is 0 Å². The predicted octanol–water partition coefficient (Wildman–Crippen LogP) is 3.16. The van der Waals surface area contributed by atoms with Crippen molar-refractivity contribution in [2.24, 2.45) is 0 Å². The maximum absolute atomic E-state index is 11.3. The molecule has 0 aliphatic carbocycles. The fourth-order valence-electron chi connectivity index (χ4n) is 1.63. The average Bonchev–Trinajstić information content (AvgIpc) is 2.44. The Hall–Kier alpha value is -2.18. The van der Waals surface area contributed by atoms with Gasteiger partial charge in [-0.3, -0.25) is 4.55 Å². The first kappa shape index (κ1) is 16.9. The third-order valence-electron chi connectivity index (χ3n) is 2.63. The van der Waals surface area contributed by atoms with E-state index in [2.05, 4.69) is 0 Å². The Morgan fingerprint density at radius 3 is 2.00 bits per heavy atom. The number of carbonyl (C=O) groups is 1. The van der Waals surface area contributed by atoms with Crippen LogP contribution in [-0.4, -0.2) is 19.8 Å². The number of rotatable bonds is 3. The lowest BCUT2D eigenvalue weighted by molar-refractivity contribution is -0.0979. The van der Waals surface area contributed by atoms with Crippen molar-refractivity contribution < 1.29 is 22.5 Å². The van der Waals surface area contributed by atoms with Crippen LogP contribution in [0.15, 0.2) is 47.4 Å². The molecular formula is C15H16O5S. The molecule has 0 bridgehead atoms. The summed E-state index contributed by atoms with van der Waals surface area (Å²) in [6.45, 7) is 5.68. The summed E-state index contributed by atoms with van der Waals surface area (Å²) >= 11 is 0. The number of aryl methyl sites for hydroxylation is 2. The van der Waals surface area contributed by atoms with Gasteiger partial charge in [0.05, 0.1) is 0 Å². The molecule has 6 heteroatoms. The van der Waals surface area contributed by atoms with Crippen LogP contribution in [0.4, 0.5) is 0 Å². The lowest BCUT2D eigenvalue weighted by atomic mass is 10.2. The van der Waals surface area contributed by atoms with Crippen LogP contribution >= 0.6 is 0 Å². The van der Waals surface area contributed by atoms with Crippen molar-refractivity contribution >= 4 is 16.9 Å². The van der Waals surface area contributed by atoms with E-state index in [-0.39, 0.29) is 10.6 Å². The summed E-state index contributed by atoms with van der Waals surface area (Å²) in [6.07, 6.45) is 0. The van der Waals surface area contributed by atoms with E-state index in [1.807, 2.05) is 25.8 Å². The summed E-state index contributed by atoms with van der Waals surface area (Å²) in [5.74, 6) is 0.622. The van der Waals surface area contributed by atoms with Gasteiger partial charge in [-0.1, -0.05) is 23.8 Å². The van der Waals surface area contributed by atoms with Crippen molar-refractivity contribution in [3.05, 3.63) is 53.6 Å². The van der Waals surface area contributed by atoms with Crippen LogP contribution in [0, 0.1) is 13.8 Å². The van der Waals surface area contributed by atoms with Gasteiger partial charge in [0.25, 0.3) is 10.1 Å². The molecule has 1 N–H and O–H groups in total. The third-order valence-corrected chi connectivity index (χ3v) is 3.50. The van der Waals surface area contributed by atoms with E-state index in [4.69, 9.17) is 9.53 Å². The quantitative estimate of drug-likeness (QED) is 0.881. The Kier molecular flexibility index (Phi) is 5.63. The molecule has 0 aromatic heterocycles. The molecule has 0 heterocycles. The third kappa shape index (κ3) is 4.70. The highest BCUT2D eigenvalue weighted by Crippen LogP contribution is 2.29. The Morgan fingerprint density at radius 1 is 0.952 bits per heavy atom. The zero-order valence-electron chi connectivity index (χ0n) is 11.7. The maximum atomic E-state index is 11.3. The Morgan fingerprint density at radius 2 is 1.48 bits per heavy atom. The SMILES string of the molecule is C=O.Cc1ccc(Oc2ccc(C)cc2S(=O)(=O)O)cc1. The van der Waals surface area contributed by atoms with Crippen LogP contribution in [0.25, 0.3) is 0 Å². The second-order valence-electron chi connectivity index (χ2n) is 4.34. The number of hydrogen-bond acceptors (Lipinski definition) is 4. The summed E-state index contributed by atoms with van der Waals surface area (Å²) in [5.41, 5.74) is 1.80. The zero-order chi connectivity index (χ0) is 16.0. The van der Waals surface area contributed by atoms with Crippen LogP contribution in [0.5, 0.6) is 11.5 Å². The van der Waals surface area contributed by atoms with Gasteiger partial charge in [-0.15, -0.1) is 0 Å². The van der Waals surface area contributed by atoms with Crippen LogP contribution in [-0.2, 0) is 14.9 Å². The van der Waals surface area contributed by atoms with Crippen LogP contribution in [0.2, 0.25) is 0 Å². The second kappa shape index (κ2) is 7.01. The first-order valence-corrected chi connectivity index (χ1v) is 7.42. The van der Waals surface area contributed by atoms with Gasteiger partial charge in [-0.25, -0.2) is 0 Å². The van der Waals surface area contributed by atoms with E-state index in [1.54, 1.807) is 25.1 Å². The van der Waals surface area contributed by atoms with Crippen LogP contribution in [0.1, 0.15) is 11.1 Å². The summed E-state index contributed by atoms with van der Waals surface area (Å²) < 4.78 is 37.4. The summed E-state index contributed by atoms with van der Waals surface area (Å²) in [4.78, 5) is 7.77. The highest BCUT2D eigenvalue weighted by atomic mass is 32.2. The zero-order valence-corrected chi connectivity index (χ0v) is 12.6. The molecule has 0 atom stereocenters. The van der Waals surface area contributed by atoms with Crippen molar-refractivity contribution in [2.45, 2.75) is 18.7 Å². The minimum Gasteiger partial charge on any atom is -0.456 e. The molecule has 0 amide bonds. The van der Waals surface area contributed by atoms with Gasteiger partial charge in [0.1, 0.15) is 23.2 Å². The van der Waals surface area contributed by atoms with Crippen LogP contribution < -0.4 is 4.74 Å². The van der Waals surface area contributed by atoms with E-state index >= 15 is 0 Å². The fourth-order valence-corrected chi connectivity index (χ4v) is 2.33. The van der Waals surface area contributed by atoms with Crippen molar-refractivity contribution in [3.8, 4) is 11.5 Å². The van der Waals surface area contributed by atoms with Gasteiger partial charge in [-0.2, -0.15) is 8.42 Å². The number of ether oxygens (including phenoxy) is 1. The average molecular weight is 308 g/mol. The standard InChI is InChI=1S/C14H14O4S.CH2O/c1-10-3-6-12(7-4-10)18-13-8-5-11(2)9-14(13)19(15,16)17;1-2/h3-9H,1-2H3,(H,15,16,17);1H2. The molecule has 0 aliphatic rings. The van der Waals surface area contributed by atoms with Crippen LogP contribution in [0.3, 0.4) is 0 Å². The highest BCUT2D eigenvalue weighted by Gasteiger charge is 2.17. The molecule has 2 aromatic carbocycles. The molecule has 0 spiro atoms. The van der Waals surface area contributed by atoms with Gasteiger partial charge in [-0.05, 0) is 43.7 Å². The van der Waals surface area contributed by atoms with Crippen molar-refractivity contribution in [1.82, 2.24) is 0 Å². The van der Waals surface area contributed by atoms with Gasteiger partial charge < -0.3 is 9.53 Å². The monoisotopic (exact) mass is 308 g/mol. The number of carbonyl (C=O) groups excluding carboxylic acids is 1. The molecule has 5 nitrogen and oxygen atoms in total. The first-order valence-electron chi connectivity index (χ1n) is 5.98. The minimum absolute atomic E-state index is 0.108. The topological polar surface area (TPSA) is 80.7 Å². The smallest absolute Gasteiger partial charge is 0.298 e. The molecule has 21 heavy (non-hydrogen) atoms. The lowest BCUT2D eigenvalue weighted by Gasteiger charge is -2.10. The first-order chi connectivity index (χ1) is 9.86. The molecule has 112 valence electrons. The van der Waals surface area contributed by atoms with Gasteiger partial charge >= 0.3 is 0 Å². The fraction of sp³-hybridized carbons (Fsp3) is 0.133. The normalized spacial score (nSPS) is 10.4. The summed E-state index contributed by atoms with van der Waals surface area (Å²) in [7, 11) is -4.31. The van der Waals surface area contributed by atoms with Gasteiger partial charge in [0.2, 0.25) is 0 Å². The molecular weight excluding hydrogens is 292 g/mol. The largest absolute Gasteiger partial charge is 0.456 e. The Bertz CT molecular complexity index is 705. The molecule has 2 aromatic rings.